The fourth-order valence-corrected chi connectivity index (χ4v) is 2.88. The first-order valence-electron chi connectivity index (χ1n) is 8.15. The van der Waals surface area contributed by atoms with Crippen LogP contribution in [0.15, 0.2) is 42.2 Å². The van der Waals surface area contributed by atoms with E-state index in [1.807, 2.05) is 12.1 Å². The highest BCUT2D eigenvalue weighted by Crippen LogP contribution is 2.39. The molecule has 0 aromatic heterocycles. The molecule has 7 heteroatoms. The molecule has 6 nitrogen and oxygen atoms in total. The predicted octanol–water partition coefficient (Wildman–Crippen LogP) is 1.58. The molecule has 0 radical (unpaired) electrons. The zero-order valence-corrected chi connectivity index (χ0v) is 14.2. The van der Waals surface area contributed by atoms with Gasteiger partial charge in [0.05, 0.1) is 11.1 Å². The van der Waals surface area contributed by atoms with Crippen LogP contribution in [0.25, 0.3) is 6.08 Å². The molecule has 2 aromatic carbocycles. The first kappa shape index (κ1) is 18.1. The Morgan fingerprint density at radius 3 is 2.59 bits per heavy atom. The predicted molar refractivity (Wildman–Crippen MR) is 93.1 cm³/mol. The van der Waals surface area contributed by atoms with Gasteiger partial charge >= 0.3 is 0 Å². The van der Waals surface area contributed by atoms with Gasteiger partial charge in [-0.1, -0.05) is 12.1 Å². The lowest BCUT2D eigenvalue weighted by Gasteiger charge is -2.15. The number of carbonyl (C=O) groups is 1. The number of carbonyl (C=O) groups excluding carboxylic acids is 1. The van der Waals surface area contributed by atoms with Crippen molar-refractivity contribution in [2.45, 2.75) is 6.54 Å². The van der Waals surface area contributed by atoms with E-state index in [0.717, 1.165) is 0 Å². The number of hydrogen-bond acceptors (Lipinski definition) is 5. The fourth-order valence-electron chi connectivity index (χ4n) is 2.88. The molecule has 27 heavy (non-hydrogen) atoms. The third-order valence-corrected chi connectivity index (χ3v) is 4.15. The van der Waals surface area contributed by atoms with Crippen molar-refractivity contribution in [1.82, 2.24) is 0 Å². The van der Waals surface area contributed by atoms with E-state index in [-0.39, 0.29) is 48.2 Å². The van der Waals surface area contributed by atoms with Crippen molar-refractivity contribution < 1.29 is 23.9 Å². The molecule has 1 aliphatic heterocycles. The number of rotatable bonds is 5. The monoisotopic (exact) mass is 364 g/mol. The Morgan fingerprint density at radius 2 is 1.93 bits per heavy atom. The molecule has 2 N–H and O–H groups in total. The molecule has 3 rings (SSSR count). The molecule has 0 amide bonds. The Morgan fingerprint density at radius 1 is 1.19 bits per heavy atom. The van der Waals surface area contributed by atoms with Crippen molar-refractivity contribution >= 4 is 11.9 Å². The molecule has 134 valence electrons. The van der Waals surface area contributed by atoms with E-state index in [0.29, 0.717) is 16.0 Å². The van der Waals surface area contributed by atoms with E-state index < -0.39 is 5.82 Å². The lowest BCUT2D eigenvalue weighted by atomic mass is 10.0. The first-order chi connectivity index (χ1) is 13.0. The average Bonchev–Trinajstić information content (AvgIpc) is 2.94. The summed E-state index contributed by atoms with van der Waals surface area (Å²) in [5, 5.41) is 28.0. The number of phenolic OH excluding ortho intramolecular Hbond substituents is 1. The van der Waals surface area contributed by atoms with Gasteiger partial charge in [-0.3, -0.25) is 4.79 Å². The topological polar surface area (TPSA) is 98.6 Å². The Bertz CT molecular complexity index is 1000. The van der Waals surface area contributed by atoms with Gasteiger partial charge in [0.25, 0.3) is 0 Å². The number of aromatic hydroxyl groups is 1. The molecule has 0 unspecified atom stereocenters. The number of quaternary nitrogens is 1. The van der Waals surface area contributed by atoms with Crippen LogP contribution in [0.3, 0.4) is 0 Å². The number of ketones is 1. The molecule has 0 fully saturated rings. The van der Waals surface area contributed by atoms with Crippen molar-refractivity contribution in [2.24, 2.45) is 0 Å². The number of hydrogen-bond donors (Lipinski definition) is 2. The van der Waals surface area contributed by atoms with Crippen LogP contribution in [-0.4, -0.2) is 24.0 Å². The maximum Gasteiger partial charge on any atom is 0.231 e. The normalized spacial score (nSPS) is 13.9. The molecule has 1 aliphatic rings. The third kappa shape index (κ3) is 3.79. The van der Waals surface area contributed by atoms with Crippen LogP contribution in [-0.2, 0) is 6.54 Å². The molecule has 0 bridgehead atoms. The SMILES string of the molecule is N#CC[NH+](CC#N)Cc1c(O)ccc2c1O/C(=C/c1cccc(F)c1)C2=O. The van der Waals surface area contributed by atoms with Crippen LogP contribution in [0.4, 0.5) is 4.39 Å². The minimum absolute atomic E-state index is 0.0181. The van der Waals surface area contributed by atoms with Crippen LogP contribution in [0.1, 0.15) is 21.5 Å². The summed E-state index contributed by atoms with van der Waals surface area (Å²) in [6.45, 7) is 0.282. The van der Waals surface area contributed by atoms with Crippen LogP contribution < -0.4 is 9.64 Å². The molecule has 0 spiro atoms. The fraction of sp³-hybridized carbons (Fsp3) is 0.150. The van der Waals surface area contributed by atoms with Gasteiger partial charge in [-0.25, -0.2) is 4.39 Å². The largest absolute Gasteiger partial charge is 0.507 e. The number of Topliss-reactive ketones (excluding diaryl/α,β-unsaturated/α-hetero) is 1. The highest BCUT2D eigenvalue weighted by Gasteiger charge is 2.32. The number of nitrogens with zero attached hydrogens (tertiary/aromatic N) is 2. The maximum atomic E-state index is 13.4. The van der Waals surface area contributed by atoms with Crippen LogP contribution in [0.2, 0.25) is 0 Å². The standard InChI is InChI=1S/C20H14FN3O3/c21-14-3-1-2-13(10-14)11-18-19(26)15-4-5-17(25)16(20(15)27-18)12-24(8-6-22)9-7-23/h1-5,10-11,25H,8-9,12H2/p+1/b18-11+. The minimum atomic E-state index is -0.433. The summed E-state index contributed by atoms with van der Waals surface area (Å²) >= 11 is 0. The number of allylic oxidation sites excluding steroid dienone is 1. The van der Waals surface area contributed by atoms with Crippen molar-refractivity contribution in [2.75, 3.05) is 13.1 Å². The van der Waals surface area contributed by atoms with Gasteiger partial charge in [-0.05, 0) is 35.9 Å². The van der Waals surface area contributed by atoms with Crippen molar-refractivity contribution in [1.29, 1.82) is 10.5 Å². The molecule has 0 saturated heterocycles. The number of halogens is 1. The Balaban J connectivity index is 1.96. The summed E-state index contributed by atoms with van der Waals surface area (Å²) in [4.78, 5) is 13.2. The van der Waals surface area contributed by atoms with E-state index in [1.165, 1.54) is 36.4 Å². The van der Waals surface area contributed by atoms with Gasteiger partial charge in [-0.2, -0.15) is 10.5 Å². The van der Waals surface area contributed by atoms with Crippen molar-refractivity contribution in [3.05, 3.63) is 64.7 Å². The summed E-state index contributed by atoms with van der Waals surface area (Å²) in [6, 6.07) is 12.6. The summed E-state index contributed by atoms with van der Waals surface area (Å²) in [5.41, 5.74) is 1.10. The smallest absolute Gasteiger partial charge is 0.231 e. The summed E-state index contributed by atoms with van der Waals surface area (Å²) < 4.78 is 19.0. The Labute approximate surface area is 154 Å². The quantitative estimate of drug-likeness (QED) is 0.620. The van der Waals surface area contributed by atoms with E-state index in [4.69, 9.17) is 15.3 Å². The van der Waals surface area contributed by atoms with Gasteiger partial charge < -0.3 is 14.7 Å². The summed E-state index contributed by atoms with van der Waals surface area (Å²) in [7, 11) is 0. The highest BCUT2D eigenvalue weighted by molar-refractivity contribution is 6.14. The number of fused-ring (bicyclic) bond motifs is 1. The Hall–Kier alpha value is -3.68. The first-order valence-corrected chi connectivity index (χ1v) is 8.15. The molecule has 1 heterocycles. The second-order valence-corrected chi connectivity index (χ2v) is 6.03. The third-order valence-electron chi connectivity index (χ3n) is 4.15. The van der Waals surface area contributed by atoms with Crippen LogP contribution in [0, 0.1) is 28.5 Å². The molecular formula is C20H15FN3O3+. The van der Waals surface area contributed by atoms with E-state index in [9.17, 15) is 14.3 Å². The van der Waals surface area contributed by atoms with Crippen molar-refractivity contribution in [3.63, 3.8) is 0 Å². The molecular weight excluding hydrogens is 349 g/mol. The number of nitrogens with one attached hydrogen (secondary N) is 1. The van der Waals surface area contributed by atoms with E-state index in [1.54, 1.807) is 6.07 Å². The maximum absolute atomic E-state index is 13.4. The lowest BCUT2D eigenvalue weighted by Crippen LogP contribution is -3.10. The van der Waals surface area contributed by atoms with E-state index >= 15 is 0 Å². The van der Waals surface area contributed by atoms with Crippen LogP contribution in [0.5, 0.6) is 11.5 Å². The summed E-state index contributed by atoms with van der Waals surface area (Å²) in [6.07, 6.45) is 1.43. The minimum Gasteiger partial charge on any atom is -0.507 e. The summed E-state index contributed by atoms with van der Waals surface area (Å²) in [5.74, 6) is -0.668. The van der Waals surface area contributed by atoms with Crippen LogP contribution >= 0.6 is 0 Å². The highest BCUT2D eigenvalue weighted by atomic mass is 19.1. The molecule has 0 saturated carbocycles. The van der Waals surface area contributed by atoms with Gasteiger partial charge in [0.1, 0.15) is 30.2 Å². The van der Waals surface area contributed by atoms with Crippen molar-refractivity contribution in [3.8, 4) is 23.6 Å². The molecule has 0 aliphatic carbocycles. The zero-order valence-electron chi connectivity index (χ0n) is 14.2. The van der Waals surface area contributed by atoms with Gasteiger partial charge in [0, 0.05) is 0 Å². The molecule has 2 aromatic rings. The number of benzene rings is 2. The second kappa shape index (κ2) is 7.69. The second-order valence-electron chi connectivity index (χ2n) is 6.03. The number of phenols is 1. The van der Waals surface area contributed by atoms with Gasteiger partial charge in [0.15, 0.2) is 24.6 Å². The lowest BCUT2D eigenvalue weighted by molar-refractivity contribution is -0.899. The van der Waals surface area contributed by atoms with E-state index in [2.05, 4.69) is 0 Å². The Kier molecular flexibility index (Phi) is 5.16. The van der Waals surface area contributed by atoms with Gasteiger partial charge in [0.2, 0.25) is 5.78 Å². The van der Waals surface area contributed by atoms with Gasteiger partial charge in [-0.15, -0.1) is 0 Å². The average molecular weight is 364 g/mol. The number of ether oxygens (including phenoxy) is 1. The molecule has 0 atom stereocenters. The zero-order chi connectivity index (χ0) is 19.4. The number of nitriles is 2.